The van der Waals surface area contributed by atoms with Crippen molar-refractivity contribution in [1.82, 2.24) is 14.7 Å². The second-order valence-electron chi connectivity index (χ2n) is 8.95. The monoisotopic (exact) mass is 487 g/mol. The maximum Gasteiger partial charge on any atom is 0.329 e. The first-order valence-electron chi connectivity index (χ1n) is 12.0. The number of ether oxygens (including phenoxy) is 1. The molecule has 5 rings (SSSR count). The zero-order valence-corrected chi connectivity index (χ0v) is 20.5. The SMILES string of the molecule is Cc1cc2c(c(NC(=O)NSc3cncc(OC4CCC4)c3)c1-c1ccnc(/C=C\N)c1)CCC2. The van der Waals surface area contributed by atoms with Crippen molar-refractivity contribution in [2.45, 2.75) is 56.4 Å². The molecular formula is C27H29N5O2S. The van der Waals surface area contributed by atoms with Crippen LogP contribution in [0, 0.1) is 6.92 Å². The lowest BCUT2D eigenvalue weighted by Crippen LogP contribution is -2.25. The topological polar surface area (TPSA) is 102 Å². The molecule has 2 aliphatic carbocycles. The Bertz CT molecular complexity index is 1270. The quantitative estimate of drug-likeness (QED) is 0.373. The molecule has 3 aromatic rings. The summed E-state index contributed by atoms with van der Waals surface area (Å²) in [4.78, 5) is 22.5. The molecule has 1 fully saturated rings. The first kappa shape index (κ1) is 23.2. The summed E-state index contributed by atoms with van der Waals surface area (Å²) in [5, 5.41) is 3.15. The van der Waals surface area contributed by atoms with Gasteiger partial charge >= 0.3 is 6.03 Å². The van der Waals surface area contributed by atoms with E-state index in [9.17, 15) is 4.79 Å². The van der Waals surface area contributed by atoms with E-state index in [2.05, 4.69) is 33.0 Å². The van der Waals surface area contributed by atoms with E-state index < -0.39 is 0 Å². The Hall–Kier alpha value is -3.52. The molecule has 0 atom stereocenters. The third kappa shape index (κ3) is 5.27. The van der Waals surface area contributed by atoms with Crippen molar-refractivity contribution < 1.29 is 9.53 Å². The predicted octanol–water partition coefficient (Wildman–Crippen LogP) is 5.63. The van der Waals surface area contributed by atoms with Crippen LogP contribution in [-0.4, -0.2) is 22.1 Å². The average Bonchev–Trinajstić information content (AvgIpc) is 3.29. The number of hydrogen-bond acceptors (Lipinski definition) is 6. The number of carbonyl (C=O) groups is 1. The van der Waals surface area contributed by atoms with Crippen LogP contribution in [0.4, 0.5) is 10.5 Å². The van der Waals surface area contributed by atoms with Crippen LogP contribution in [0.3, 0.4) is 0 Å². The molecule has 1 aromatic carbocycles. The minimum absolute atomic E-state index is 0.280. The highest BCUT2D eigenvalue weighted by atomic mass is 32.2. The van der Waals surface area contributed by atoms with Gasteiger partial charge in [0.1, 0.15) is 5.75 Å². The standard InChI is InChI=1S/C27H29N5O2S/c1-17-12-18-4-2-7-24(18)26(25(17)19-9-11-30-20(13-19)8-10-28)31-27(33)32-35-23-14-22(15-29-16-23)34-21-5-3-6-21/h8-16,21H,2-7,28H2,1H3,(H2,31,32,33)/b10-8-. The first-order valence-corrected chi connectivity index (χ1v) is 12.8. The van der Waals surface area contributed by atoms with E-state index in [-0.39, 0.29) is 12.1 Å². The van der Waals surface area contributed by atoms with Crippen molar-refractivity contribution in [2.75, 3.05) is 5.32 Å². The number of aryl methyl sites for hydroxylation is 2. The fourth-order valence-corrected chi connectivity index (χ4v) is 5.19. The van der Waals surface area contributed by atoms with Crippen LogP contribution >= 0.6 is 11.9 Å². The van der Waals surface area contributed by atoms with Crippen LogP contribution in [-0.2, 0) is 12.8 Å². The second kappa shape index (κ2) is 10.4. The van der Waals surface area contributed by atoms with Gasteiger partial charge in [0, 0.05) is 18.0 Å². The molecule has 2 heterocycles. The number of aromatic nitrogens is 2. The van der Waals surface area contributed by atoms with Crippen LogP contribution in [0.15, 0.2) is 54.0 Å². The molecule has 0 saturated heterocycles. The molecule has 1 saturated carbocycles. The van der Waals surface area contributed by atoms with Gasteiger partial charge in [-0.25, -0.2) is 4.79 Å². The fraction of sp³-hybridized carbons (Fsp3) is 0.296. The maximum atomic E-state index is 13.0. The minimum atomic E-state index is -0.280. The highest BCUT2D eigenvalue weighted by Crippen LogP contribution is 2.40. The van der Waals surface area contributed by atoms with Gasteiger partial charge in [0.25, 0.3) is 0 Å². The van der Waals surface area contributed by atoms with E-state index in [4.69, 9.17) is 10.5 Å². The summed E-state index contributed by atoms with van der Waals surface area (Å²) in [5.74, 6) is 0.737. The Kier molecular flexibility index (Phi) is 6.90. The van der Waals surface area contributed by atoms with Gasteiger partial charge in [-0.1, -0.05) is 6.07 Å². The predicted molar refractivity (Wildman–Crippen MR) is 140 cm³/mol. The number of rotatable bonds is 7. The minimum Gasteiger partial charge on any atom is -0.489 e. The number of pyridine rings is 2. The number of nitrogens with zero attached hydrogens (tertiary/aromatic N) is 2. The highest BCUT2D eigenvalue weighted by molar-refractivity contribution is 7.98. The van der Waals surface area contributed by atoms with Gasteiger partial charge in [0.2, 0.25) is 0 Å². The number of anilines is 1. The van der Waals surface area contributed by atoms with E-state index in [1.54, 1.807) is 24.7 Å². The van der Waals surface area contributed by atoms with Crippen molar-refractivity contribution in [1.29, 1.82) is 0 Å². The molecule has 8 heteroatoms. The number of hydrogen-bond donors (Lipinski definition) is 3. The Labute approximate surface area is 209 Å². The zero-order valence-electron chi connectivity index (χ0n) is 19.7. The lowest BCUT2D eigenvalue weighted by atomic mass is 9.93. The number of carbonyl (C=O) groups excluding carboxylic acids is 1. The molecule has 7 nitrogen and oxygen atoms in total. The van der Waals surface area contributed by atoms with E-state index in [0.717, 1.165) is 70.8 Å². The first-order chi connectivity index (χ1) is 17.1. The summed E-state index contributed by atoms with van der Waals surface area (Å²) >= 11 is 1.23. The van der Waals surface area contributed by atoms with Gasteiger partial charge in [-0.2, -0.15) is 0 Å². The Morgan fingerprint density at radius 2 is 2.09 bits per heavy atom. The van der Waals surface area contributed by atoms with Crippen LogP contribution in [0.5, 0.6) is 5.75 Å². The molecule has 0 unspecified atom stereocenters. The summed E-state index contributed by atoms with van der Waals surface area (Å²) in [6.07, 6.45) is 15.2. The third-order valence-corrected chi connectivity index (χ3v) is 7.22. The van der Waals surface area contributed by atoms with E-state index >= 15 is 0 Å². The highest BCUT2D eigenvalue weighted by Gasteiger charge is 2.23. The summed E-state index contributed by atoms with van der Waals surface area (Å²) in [6.45, 7) is 2.09. The number of fused-ring (bicyclic) bond motifs is 1. The molecule has 4 N–H and O–H groups in total. The van der Waals surface area contributed by atoms with Gasteiger partial charge in [-0.3, -0.25) is 14.7 Å². The second-order valence-corrected chi connectivity index (χ2v) is 9.83. The Balaban J connectivity index is 1.36. The fourth-order valence-electron chi connectivity index (χ4n) is 4.64. The summed E-state index contributed by atoms with van der Waals surface area (Å²) in [5.41, 5.74) is 12.8. The molecule has 0 bridgehead atoms. The molecule has 2 aromatic heterocycles. The van der Waals surface area contributed by atoms with E-state index in [1.165, 1.54) is 35.7 Å². The smallest absolute Gasteiger partial charge is 0.329 e. The van der Waals surface area contributed by atoms with Crippen molar-refractivity contribution in [2.24, 2.45) is 5.73 Å². The van der Waals surface area contributed by atoms with Gasteiger partial charge in [0.15, 0.2) is 0 Å². The number of nitrogens with two attached hydrogens (primary N) is 1. The van der Waals surface area contributed by atoms with Gasteiger partial charge in [0.05, 0.1) is 28.6 Å². The van der Waals surface area contributed by atoms with Crippen LogP contribution in [0.25, 0.3) is 17.2 Å². The molecule has 35 heavy (non-hydrogen) atoms. The van der Waals surface area contributed by atoms with Gasteiger partial charge in [-0.15, -0.1) is 0 Å². The number of urea groups is 1. The van der Waals surface area contributed by atoms with E-state index in [1.807, 2.05) is 18.2 Å². The average molecular weight is 488 g/mol. The van der Waals surface area contributed by atoms with Crippen LogP contribution in [0.2, 0.25) is 0 Å². The van der Waals surface area contributed by atoms with Crippen molar-refractivity contribution in [3.63, 3.8) is 0 Å². The molecule has 0 spiro atoms. The normalized spacial score (nSPS) is 15.0. The number of benzene rings is 1. The molecule has 0 aliphatic heterocycles. The summed E-state index contributed by atoms with van der Waals surface area (Å²) in [7, 11) is 0. The van der Waals surface area contributed by atoms with Crippen molar-refractivity contribution >= 4 is 29.7 Å². The lowest BCUT2D eigenvalue weighted by molar-refractivity contribution is 0.119. The number of nitrogens with one attached hydrogen (secondary N) is 2. The summed E-state index contributed by atoms with van der Waals surface area (Å²) < 4.78 is 8.83. The van der Waals surface area contributed by atoms with Crippen molar-refractivity contribution in [3.8, 4) is 16.9 Å². The zero-order chi connectivity index (χ0) is 24.2. The largest absolute Gasteiger partial charge is 0.489 e. The molecule has 2 aliphatic rings. The number of amides is 2. The van der Waals surface area contributed by atoms with Crippen LogP contribution in [0.1, 0.15) is 48.1 Å². The summed E-state index contributed by atoms with van der Waals surface area (Å²) in [6, 6.07) is 7.83. The Morgan fingerprint density at radius 1 is 1.20 bits per heavy atom. The molecule has 180 valence electrons. The molecular weight excluding hydrogens is 458 g/mol. The van der Waals surface area contributed by atoms with Gasteiger partial charge in [-0.05, 0) is 110 Å². The lowest BCUT2D eigenvalue weighted by Gasteiger charge is -2.26. The third-order valence-electron chi connectivity index (χ3n) is 6.48. The van der Waals surface area contributed by atoms with Gasteiger partial charge < -0.3 is 15.8 Å². The van der Waals surface area contributed by atoms with Crippen molar-refractivity contribution in [3.05, 3.63) is 71.4 Å². The van der Waals surface area contributed by atoms with E-state index in [0.29, 0.717) is 0 Å². The van der Waals surface area contributed by atoms with Crippen LogP contribution < -0.4 is 20.5 Å². The molecule has 2 amide bonds. The Morgan fingerprint density at radius 3 is 2.89 bits per heavy atom. The molecule has 0 radical (unpaired) electrons. The maximum absolute atomic E-state index is 13.0.